The molecule has 4 N–H and O–H groups in total. The summed E-state index contributed by atoms with van der Waals surface area (Å²) in [5.74, 6) is -8.12. The Morgan fingerprint density at radius 3 is 1.86 bits per heavy atom. The van der Waals surface area contributed by atoms with E-state index in [0.717, 1.165) is 11.9 Å². The summed E-state index contributed by atoms with van der Waals surface area (Å²) in [4.78, 5) is 27.8. The molecule has 0 saturated carbocycles. The molecular formula is C19H17F9N4O4. The van der Waals surface area contributed by atoms with Gasteiger partial charge in [0, 0.05) is 37.3 Å². The number of carboxylic acid groups (broad SMARTS) is 2. The molecule has 0 unspecified atom stereocenters. The molecule has 0 bridgehead atoms. The number of nitrogens with two attached hydrogens (primary N) is 1. The van der Waals surface area contributed by atoms with Crippen LogP contribution in [0.4, 0.5) is 45.3 Å². The van der Waals surface area contributed by atoms with Crippen molar-refractivity contribution in [3.8, 4) is 0 Å². The lowest BCUT2D eigenvalue weighted by Crippen LogP contribution is -2.48. The topological polar surface area (TPSA) is 130 Å². The third kappa shape index (κ3) is 9.20. The molecule has 2 atom stereocenters. The van der Waals surface area contributed by atoms with Crippen molar-refractivity contribution in [1.82, 2.24) is 9.97 Å². The largest absolute Gasteiger partial charge is 0.490 e. The molecule has 17 heteroatoms. The first-order valence-corrected chi connectivity index (χ1v) is 9.46. The molecule has 1 aliphatic heterocycles. The van der Waals surface area contributed by atoms with Crippen LogP contribution in [0.25, 0.3) is 0 Å². The van der Waals surface area contributed by atoms with Crippen molar-refractivity contribution in [3.63, 3.8) is 0 Å². The Labute approximate surface area is 196 Å². The summed E-state index contributed by atoms with van der Waals surface area (Å²) in [7, 11) is 0. The van der Waals surface area contributed by atoms with Gasteiger partial charge in [0.1, 0.15) is 18.0 Å². The van der Waals surface area contributed by atoms with Crippen LogP contribution in [0.1, 0.15) is 17.9 Å². The van der Waals surface area contributed by atoms with Crippen LogP contribution in [0.5, 0.6) is 0 Å². The van der Waals surface area contributed by atoms with Crippen LogP contribution in [0, 0.1) is 17.5 Å². The average molecular weight is 536 g/mol. The van der Waals surface area contributed by atoms with Gasteiger partial charge in [0.25, 0.3) is 0 Å². The number of aromatic nitrogens is 2. The fraction of sp³-hybridized carbons (Fsp3) is 0.368. The van der Waals surface area contributed by atoms with Crippen molar-refractivity contribution in [2.45, 2.75) is 30.7 Å². The molecule has 36 heavy (non-hydrogen) atoms. The number of anilines is 1. The molecule has 1 saturated heterocycles. The number of hydrogen-bond acceptors (Lipinski definition) is 6. The third-order valence-corrected chi connectivity index (χ3v) is 4.47. The van der Waals surface area contributed by atoms with Crippen LogP contribution in [-0.2, 0) is 9.59 Å². The zero-order valence-corrected chi connectivity index (χ0v) is 17.7. The van der Waals surface area contributed by atoms with E-state index >= 15 is 0 Å². The molecule has 2 heterocycles. The van der Waals surface area contributed by atoms with E-state index in [1.807, 2.05) is 4.90 Å². The molecule has 0 amide bonds. The molecule has 1 aromatic carbocycles. The Balaban J connectivity index is 0.000000383. The molecule has 1 aromatic heterocycles. The number of carbonyl (C=O) groups is 2. The maximum Gasteiger partial charge on any atom is 0.490 e. The molecule has 200 valence electrons. The van der Waals surface area contributed by atoms with Gasteiger partial charge in [-0.3, -0.25) is 0 Å². The highest BCUT2D eigenvalue weighted by Crippen LogP contribution is 2.31. The molecular weight excluding hydrogens is 519 g/mol. The molecule has 0 radical (unpaired) electrons. The molecule has 8 nitrogen and oxygen atoms in total. The molecule has 0 aliphatic carbocycles. The van der Waals surface area contributed by atoms with Crippen molar-refractivity contribution < 1.29 is 59.3 Å². The van der Waals surface area contributed by atoms with Gasteiger partial charge >= 0.3 is 24.3 Å². The van der Waals surface area contributed by atoms with E-state index in [4.69, 9.17) is 25.5 Å². The Kier molecular flexibility index (Phi) is 10.4. The van der Waals surface area contributed by atoms with Gasteiger partial charge in [-0.05, 0) is 24.1 Å². The minimum absolute atomic E-state index is 0.133. The number of benzene rings is 1. The number of halogens is 9. The Morgan fingerprint density at radius 1 is 0.944 bits per heavy atom. The van der Waals surface area contributed by atoms with E-state index in [-0.39, 0.29) is 11.5 Å². The van der Waals surface area contributed by atoms with E-state index in [9.17, 15) is 39.5 Å². The van der Waals surface area contributed by atoms with Crippen LogP contribution in [0.15, 0.2) is 30.7 Å². The number of nitrogens with zero attached hydrogens (tertiary/aromatic N) is 3. The van der Waals surface area contributed by atoms with Gasteiger partial charge in [-0.2, -0.15) is 26.3 Å². The summed E-state index contributed by atoms with van der Waals surface area (Å²) in [6, 6.07) is 2.86. The first kappa shape index (κ1) is 30.4. The lowest BCUT2D eigenvalue weighted by atomic mass is 9.85. The third-order valence-electron chi connectivity index (χ3n) is 4.47. The number of carboxylic acids is 2. The van der Waals surface area contributed by atoms with E-state index in [1.54, 1.807) is 12.3 Å². The second-order valence-corrected chi connectivity index (χ2v) is 6.97. The Bertz CT molecular complexity index is 1010. The van der Waals surface area contributed by atoms with Gasteiger partial charge in [0.15, 0.2) is 11.6 Å². The SMILES string of the molecule is N[C@H]1CN(c2ccncn2)CC[C@@H]1c1cc(F)c(F)cc1F.O=C(O)C(F)(F)F.O=C(O)C(F)(F)F. The van der Waals surface area contributed by atoms with Crippen LogP contribution in [0.3, 0.4) is 0 Å². The summed E-state index contributed by atoms with van der Waals surface area (Å²) in [6.45, 7) is 1.06. The fourth-order valence-electron chi connectivity index (χ4n) is 2.87. The van der Waals surface area contributed by atoms with Gasteiger partial charge in [0.05, 0.1) is 0 Å². The molecule has 1 aliphatic rings. The monoisotopic (exact) mass is 536 g/mol. The maximum atomic E-state index is 13.9. The zero-order chi connectivity index (χ0) is 27.8. The highest BCUT2D eigenvalue weighted by molar-refractivity contribution is 5.73. The highest BCUT2D eigenvalue weighted by atomic mass is 19.4. The van der Waals surface area contributed by atoms with Gasteiger partial charge in [-0.25, -0.2) is 32.7 Å². The predicted octanol–water partition coefficient (Wildman–Crippen LogP) is 3.48. The summed E-state index contributed by atoms with van der Waals surface area (Å²) in [5.41, 5.74) is 6.26. The van der Waals surface area contributed by atoms with Crippen molar-refractivity contribution in [1.29, 1.82) is 0 Å². The average Bonchev–Trinajstić information content (AvgIpc) is 2.76. The second kappa shape index (κ2) is 12.4. The van der Waals surface area contributed by atoms with Crippen LogP contribution >= 0.6 is 0 Å². The molecule has 3 rings (SSSR count). The summed E-state index contributed by atoms with van der Waals surface area (Å²) in [6.07, 6.45) is -6.55. The lowest BCUT2D eigenvalue weighted by Gasteiger charge is -2.37. The summed E-state index contributed by atoms with van der Waals surface area (Å²) >= 11 is 0. The van der Waals surface area contributed by atoms with Crippen molar-refractivity contribution in [2.24, 2.45) is 5.73 Å². The van der Waals surface area contributed by atoms with Crippen LogP contribution in [0.2, 0.25) is 0 Å². The van der Waals surface area contributed by atoms with Crippen molar-refractivity contribution in [2.75, 3.05) is 18.0 Å². The summed E-state index contributed by atoms with van der Waals surface area (Å²) in [5, 5.41) is 14.2. The first-order chi connectivity index (χ1) is 16.4. The Morgan fingerprint density at radius 2 is 1.44 bits per heavy atom. The van der Waals surface area contributed by atoms with Crippen molar-refractivity contribution >= 4 is 17.8 Å². The normalized spacial score (nSPS) is 17.8. The van der Waals surface area contributed by atoms with E-state index < -0.39 is 47.8 Å². The minimum atomic E-state index is -5.08. The number of rotatable bonds is 2. The fourth-order valence-corrected chi connectivity index (χ4v) is 2.87. The van der Waals surface area contributed by atoms with Gasteiger partial charge in [-0.15, -0.1) is 0 Å². The molecule has 2 aromatic rings. The molecule has 0 spiro atoms. The lowest BCUT2D eigenvalue weighted by molar-refractivity contribution is -0.193. The minimum Gasteiger partial charge on any atom is -0.475 e. The standard InChI is InChI=1S/C15H15F3N4.2C2HF3O2/c16-11-6-13(18)12(17)5-10(11)9-2-4-22(7-14(9)19)15-1-3-20-8-21-15;2*3-2(4,5)1(6)7/h1,3,5-6,8-9,14H,2,4,7,19H2;2*(H,6,7)/t9-,14+;;/m1../s1. The number of hydrogen-bond donors (Lipinski definition) is 3. The second-order valence-electron chi connectivity index (χ2n) is 6.97. The summed E-state index contributed by atoms with van der Waals surface area (Å²) < 4.78 is 104. The van der Waals surface area contributed by atoms with E-state index in [2.05, 4.69) is 9.97 Å². The van der Waals surface area contributed by atoms with E-state index in [0.29, 0.717) is 25.6 Å². The highest BCUT2D eigenvalue weighted by Gasteiger charge is 2.39. The van der Waals surface area contributed by atoms with E-state index in [1.165, 1.54) is 6.33 Å². The number of alkyl halides is 6. The van der Waals surface area contributed by atoms with Gasteiger partial charge < -0.3 is 20.8 Å². The maximum absolute atomic E-state index is 13.9. The quantitative estimate of drug-likeness (QED) is 0.393. The van der Waals surface area contributed by atoms with Crippen molar-refractivity contribution in [3.05, 3.63) is 53.7 Å². The number of piperidine rings is 1. The Hall–Kier alpha value is -3.63. The zero-order valence-electron chi connectivity index (χ0n) is 17.7. The van der Waals surface area contributed by atoms with Gasteiger partial charge in [0.2, 0.25) is 0 Å². The van der Waals surface area contributed by atoms with Crippen LogP contribution in [-0.4, -0.2) is 63.6 Å². The molecule has 1 fully saturated rings. The van der Waals surface area contributed by atoms with Gasteiger partial charge in [-0.1, -0.05) is 0 Å². The number of aliphatic carboxylic acids is 2. The first-order valence-electron chi connectivity index (χ1n) is 9.46. The predicted molar refractivity (Wildman–Crippen MR) is 103 cm³/mol. The van der Waals surface area contributed by atoms with Crippen LogP contribution < -0.4 is 10.6 Å². The smallest absolute Gasteiger partial charge is 0.475 e.